The average molecular weight is 2050 g/mol. The van der Waals surface area contributed by atoms with Crippen LogP contribution in [0.3, 0.4) is 0 Å². The predicted molar refractivity (Wildman–Crippen MR) is 532 cm³/mol. The zero-order valence-corrected chi connectivity index (χ0v) is 82.4. The maximum atomic E-state index is 12.6. The highest BCUT2D eigenvalue weighted by Gasteiger charge is 2.28. The molecular formula is C101H168N8O35. The van der Waals surface area contributed by atoms with Gasteiger partial charge in [0.15, 0.2) is 11.6 Å². The molecule has 0 saturated heterocycles. The van der Waals surface area contributed by atoms with E-state index in [1.165, 1.54) is 24.3 Å². The fraction of sp³-hybridized carbons (Fsp3) is 0.703. The summed E-state index contributed by atoms with van der Waals surface area (Å²) in [5, 5.41) is 86.1. The van der Waals surface area contributed by atoms with E-state index in [9.17, 15) is 107 Å². The number of aromatic carboxylic acids is 2. The number of ether oxygens (including phenoxy) is 10. The topological polar surface area (TPSA) is 637 Å². The van der Waals surface area contributed by atoms with Crippen molar-refractivity contribution in [3.63, 3.8) is 0 Å². The highest BCUT2D eigenvalue weighted by Crippen LogP contribution is 2.21. The Bertz CT molecular complexity index is 3930. The number of unbranched alkanes of at least 4 members (excludes halogenated alkanes) is 14. The molecule has 6 atom stereocenters. The highest BCUT2D eigenvalue weighted by atomic mass is 16.5. The number of benzene rings is 2. The second kappa shape index (κ2) is 90.8. The number of hydrogen-bond acceptors (Lipinski definition) is 30. The summed E-state index contributed by atoms with van der Waals surface area (Å²) in [6.45, 7) is 7.40. The van der Waals surface area contributed by atoms with Gasteiger partial charge >= 0.3 is 35.8 Å². The molecule has 7 amide bonds. The number of Topliss-reactive ketones (excluding diaryl/α,β-unsaturated/α-hetero) is 5. The van der Waals surface area contributed by atoms with Crippen molar-refractivity contribution in [1.82, 2.24) is 42.5 Å². The first-order valence-corrected chi connectivity index (χ1v) is 49.1. The summed E-state index contributed by atoms with van der Waals surface area (Å²) in [5.74, 6) is -11.1. The zero-order chi connectivity index (χ0) is 104. The second-order valence-corrected chi connectivity index (χ2v) is 33.6. The Morgan fingerprint density at radius 3 is 1.04 bits per heavy atom. The molecule has 0 aliphatic heterocycles. The van der Waals surface area contributed by atoms with Gasteiger partial charge in [-0.2, -0.15) is 0 Å². The van der Waals surface area contributed by atoms with Gasteiger partial charge in [-0.15, -0.1) is 0 Å². The van der Waals surface area contributed by atoms with E-state index in [0.717, 1.165) is 103 Å². The normalized spacial score (nSPS) is 12.0. The van der Waals surface area contributed by atoms with Gasteiger partial charge in [0.25, 0.3) is 0 Å². The molecule has 2 rings (SSSR count). The number of carbonyl (C=O) groups is 18. The maximum absolute atomic E-state index is 12.6. The Morgan fingerprint density at radius 2 is 0.639 bits per heavy atom. The number of nitrogens with one attached hydrogen (secondary N) is 8. The van der Waals surface area contributed by atoms with Crippen LogP contribution in [0.5, 0.6) is 11.5 Å². The monoisotopic (exact) mass is 2050 g/mol. The van der Waals surface area contributed by atoms with Gasteiger partial charge in [0.1, 0.15) is 80.0 Å². The average Bonchev–Trinajstić information content (AvgIpc) is 0.911. The Kier molecular flexibility index (Phi) is 86.6. The lowest BCUT2D eigenvalue weighted by molar-refractivity contribution is -0.145. The molecule has 15 N–H and O–H groups in total. The minimum absolute atomic E-state index is 0. The molecule has 43 heteroatoms. The number of amides is 7. The number of rotatable bonds is 94. The molecule has 144 heavy (non-hydrogen) atoms. The van der Waals surface area contributed by atoms with Gasteiger partial charge in [0, 0.05) is 103 Å². The van der Waals surface area contributed by atoms with Crippen molar-refractivity contribution in [1.29, 1.82) is 0 Å². The third-order valence-electron chi connectivity index (χ3n) is 21.9. The largest absolute Gasteiger partial charge is 0.494 e. The molecule has 0 bridgehead atoms. The van der Waals surface area contributed by atoms with Gasteiger partial charge in [0.2, 0.25) is 41.4 Å². The third kappa shape index (κ3) is 77.6. The first kappa shape index (κ1) is 137. The SMILES string of the molecule is C.C.C.CC[C@@H](CCCCNC(=O)COCCOCCNC(=O)COCCOCCCC(=O)CC[C@H](NC(=O)CC[C@H](CC(=O)CCCCCCCCCOc1ccc(C(=O)O)cc1)C(=O)O)C(=O)O)C(=O)CO.CN[C@@H](CCCCNC(=O)COCCOCCCC(=O)COCCOCCNC(=O)CC[C@H](NC(=O)CC[C@H](NC(=O)CCCCCCCCCOc1ccc(C(=O)O)cc1)C(=O)O)C(=O)O)C(C)=O. The van der Waals surface area contributed by atoms with Crippen molar-refractivity contribution in [2.75, 3.05) is 159 Å². The summed E-state index contributed by atoms with van der Waals surface area (Å²) < 4.78 is 54.1. The van der Waals surface area contributed by atoms with Crippen LogP contribution in [0.2, 0.25) is 0 Å². The van der Waals surface area contributed by atoms with Gasteiger partial charge in [-0.1, -0.05) is 99.8 Å². The van der Waals surface area contributed by atoms with E-state index in [-0.39, 0.29) is 288 Å². The van der Waals surface area contributed by atoms with E-state index in [2.05, 4.69) is 42.5 Å². The Morgan fingerprint density at radius 1 is 0.292 bits per heavy atom. The van der Waals surface area contributed by atoms with Crippen LogP contribution in [0.1, 0.15) is 288 Å². The summed E-state index contributed by atoms with van der Waals surface area (Å²) in [5.41, 5.74) is 0.395. The number of aliphatic hydroxyl groups is 1. The van der Waals surface area contributed by atoms with Crippen LogP contribution in [0, 0.1) is 11.8 Å². The van der Waals surface area contributed by atoms with E-state index in [0.29, 0.717) is 89.4 Å². The molecule has 0 radical (unpaired) electrons. The zero-order valence-electron chi connectivity index (χ0n) is 82.4. The summed E-state index contributed by atoms with van der Waals surface area (Å²) in [7, 11) is 1.75. The molecule has 0 aliphatic rings. The number of aliphatic hydroxyl groups excluding tert-OH is 1. The molecule has 43 nitrogen and oxygen atoms in total. The van der Waals surface area contributed by atoms with Crippen molar-refractivity contribution < 1.29 is 169 Å². The van der Waals surface area contributed by atoms with Crippen LogP contribution in [0.15, 0.2) is 48.5 Å². The summed E-state index contributed by atoms with van der Waals surface area (Å²) in [6.07, 6.45) is 16.8. The van der Waals surface area contributed by atoms with E-state index in [4.69, 9.17) is 62.7 Å². The molecule has 0 spiro atoms. The number of likely N-dealkylation sites (N-methyl/N-ethyl adjacent to an activating group) is 1. The van der Waals surface area contributed by atoms with Crippen molar-refractivity contribution in [2.45, 2.75) is 291 Å². The van der Waals surface area contributed by atoms with Crippen LogP contribution < -0.4 is 52.0 Å². The molecule has 0 heterocycles. The van der Waals surface area contributed by atoms with Crippen LogP contribution in [-0.4, -0.2) is 325 Å². The molecule has 2 aromatic carbocycles. The van der Waals surface area contributed by atoms with Crippen LogP contribution in [-0.2, 0) is 115 Å². The maximum Gasteiger partial charge on any atom is 0.335 e. The molecule has 0 unspecified atom stereocenters. The smallest absolute Gasteiger partial charge is 0.335 e. The first-order valence-electron chi connectivity index (χ1n) is 49.1. The molecule has 0 aliphatic carbocycles. The quantitative estimate of drug-likeness (QED) is 0.0276. The van der Waals surface area contributed by atoms with Gasteiger partial charge in [0.05, 0.1) is 102 Å². The van der Waals surface area contributed by atoms with Gasteiger partial charge < -0.3 is 126 Å². The summed E-state index contributed by atoms with van der Waals surface area (Å²) >= 11 is 0. The number of hydrogen-bond donors (Lipinski definition) is 15. The van der Waals surface area contributed by atoms with Gasteiger partial charge in [-0.05, 0) is 165 Å². The van der Waals surface area contributed by atoms with Crippen LogP contribution >= 0.6 is 0 Å². The van der Waals surface area contributed by atoms with E-state index >= 15 is 0 Å². The summed E-state index contributed by atoms with van der Waals surface area (Å²) in [6, 6.07) is 8.21. The van der Waals surface area contributed by atoms with Crippen molar-refractivity contribution in [3.05, 3.63) is 59.7 Å². The standard InChI is InChI=1S/C50H79N3O18.C48H77N5O17.3CH4/c1-2-37(44(57)34-54)13-9-10-24-51-46(59)35-70-32-30-68-28-25-52-47(60)36-69-31-29-67-26-12-15-40(55)19-22-43(50(65)66)53-45(58)23-18-39(49(63)64)33-41(56)14-8-6-4-3-5-7-11-27-71-42-20-16-38(17-21-42)48(61)62;1-35(54)39(49-2)14-9-10-24-50-45(59)34-69-32-29-66-26-12-13-37(55)33-68-31-30-67-28-25-51-42(56)22-20-40(47(62)63)53-44(58)23-21-41(48(64)65)52-43(57)15-8-6-4-3-5-7-11-27-70-38-18-16-36(17-19-38)46(60)61;;;/h16-17,20-21,37,39,43,54H,2-15,18-19,22-36H2,1H3,(H,51,59)(H,52,60)(H,53,58)(H,61,62)(H,63,64)(H,65,66);16-19,39-41,49H,3-15,20-34H2,1-2H3,(H,50,59)(H,51,56)(H,52,57)(H,53,58)(H,60,61)(H,62,63)(H,64,65);3*1H4/t37-,39+,43-;39-,40-,41-;;;/m00.../s1. The van der Waals surface area contributed by atoms with Gasteiger partial charge in [-0.25, -0.2) is 24.0 Å². The lowest BCUT2D eigenvalue weighted by atomic mass is 9.94. The Balaban J connectivity index is -0.00000271. The molecule has 822 valence electrons. The number of aliphatic carboxylic acids is 4. The van der Waals surface area contributed by atoms with E-state index < -0.39 is 90.1 Å². The fourth-order valence-corrected chi connectivity index (χ4v) is 13.8. The Hall–Kier alpha value is -10.9. The van der Waals surface area contributed by atoms with Crippen LogP contribution in [0.25, 0.3) is 0 Å². The molecule has 0 saturated carbocycles. The minimum Gasteiger partial charge on any atom is -0.494 e. The lowest BCUT2D eigenvalue weighted by Gasteiger charge is -2.17. The Labute approximate surface area is 847 Å². The lowest BCUT2D eigenvalue weighted by Crippen LogP contribution is -2.44. The number of carboxylic acid groups (broad SMARTS) is 6. The molecule has 0 aromatic heterocycles. The highest BCUT2D eigenvalue weighted by molar-refractivity contribution is 5.90. The van der Waals surface area contributed by atoms with Crippen molar-refractivity contribution in [2.24, 2.45) is 11.8 Å². The first-order chi connectivity index (χ1) is 67.8. The summed E-state index contributed by atoms with van der Waals surface area (Å²) in [4.78, 5) is 214. The van der Waals surface area contributed by atoms with Gasteiger partial charge in [-0.3, -0.25) is 62.3 Å². The van der Waals surface area contributed by atoms with Crippen molar-refractivity contribution >= 4 is 106 Å². The van der Waals surface area contributed by atoms with E-state index in [1.54, 1.807) is 38.2 Å². The molecule has 2 aromatic rings. The predicted octanol–water partition coefficient (Wildman–Crippen LogP) is 8.57. The van der Waals surface area contributed by atoms with Crippen LogP contribution in [0.4, 0.5) is 0 Å². The number of carbonyl (C=O) groups excluding carboxylic acids is 12. The third-order valence-corrected chi connectivity index (χ3v) is 21.9. The number of ketones is 5. The molecule has 0 fully saturated rings. The number of carboxylic acids is 6. The minimum atomic E-state index is -1.40. The molecular weight excluding hydrogens is 1890 g/mol. The second-order valence-electron chi connectivity index (χ2n) is 33.6. The fourth-order valence-electron chi connectivity index (χ4n) is 13.8. The van der Waals surface area contributed by atoms with Crippen molar-refractivity contribution in [3.8, 4) is 11.5 Å². The van der Waals surface area contributed by atoms with E-state index in [1.807, 2.05) is 6.92 Å².